The molecule has 1 saturated heterocycles. The average Bonchev–Trinajstić information content (AvgIpc) is 2.74. The summed E-state index contributed by atoms with van der Waals surface area (Å²) in [5, 5.41) is 3.56. The highest BCUT2D eigenvalue weighted by molar-refractivity contribution is 4.92. The monoisotopic (exact) mass is 181 g/mol. The van der Waals surface area contributed by atoms with Gasteiger partial charge >= 0.3 is 0 Å². The van der Waals surface area contributed by atoms with Crippen LogP contribution in [0.4, 0.5) is 0 Å². The zero-order chi connectivity index (χ0) is 9.15. The Bertz CT molecular complexity index is 229. The van der Waals surface area contributed by atoms with E-state index < -0.39 is 0 Å². The minimum absolute atomic E-state index is 0.189. The smallest absolute Gasteiger partial charge is 0.0637 e. The van der Waals surface area contributed by atoms with Crippen LogP contribution in [-0.2, 0) is 4.74 Å². The molecule has 72 valence electrons. The van der Waals surface area contributed by atoms with Crippen LogP contribution in [0.1, 0.15) is 32.1 Å². The van der Waals surface area contributed by atoms with E-state index in [9.17, 15) is 0 Å². The number of hydrogen-bond donors (Lipinski definition) is 0. The van der Waals surface area contributed by atoms with Crippen molar-refractivity contribution in [2.24, 2.45) is 10.5 Å². The van der Waals surface area contributed by atoms with E-state index in [2.05, 4.69) is 10.0 Å². The standard InChI is InChI=1S/C9H15N3O/c10-12-11-6-8-5-9(7-13-8)3-1-2-4-9/h8H,1-7H2. The predicted octanol–water partition coefficient (Wildman–Crippen LogP) is 2.65. The maximum Gasteiger partial charge on any atom is 0.0637 e. The van der Waals surface area contributed by atoms with E-state index in [0.29, 0.717) is 12.0 Å². The maximum absolute atomic E-state index is 8.19. The van der Waals surface area contributed by atoms with Gasteiger partial charge in [-0.1, -0.05) is 18.0 Å². The van der Waals surface area contributed by atoms with E-state index in [1.165, 1.54) is 25.7 Å². The second-order valence-corrected chi connectivity index (χ2v) is 4.26. The van der Waals surface area contributed by atoms with Crippen LogP contribution in [0.5, 0.6) is 0 Å². The Hall–Kier alpha value is -0.730. The Morgan fingerprint density at radius 3 is 2.92 bits per heavy atom. The van der Waals surface area contributed by atoms with Crippen molar-refractivity contribution in [3.63, 3.8) is 0 Å². The van der Waals surface area contributed by atoms with Gasteiger partial charge in [0.2, 0.25) is 0 Å². The van der Waals surface area contributed by atoms with E-state index in [1.807, 2.05) is 0 Å². The van der Waals surface area contributed by atoms with Crippen LogP contribution in [0.2, 0.25) is 0 Å². The minimum atomic E-state index is 0.189. The highest BCUT2D eigenvalue weighted by Gasteiger charge is 2.41. The Morgan fingerprint density at radius 2 is 2.23 bits per heavy atom. The molecule has 1 heterocycles. The van der Waals surface area contributed by atoms with E-state index in [-0.39, 0.29) is 6.10 Å². The van der Waals surface area contributed by atoms with Gasteiger partial charge < -0.3 is 4.74 Å². The van der Waals surface area contributed by atoms with Crippen molar-refractivity contribution in [3.05, 3.63) is 10.4 Å². The summed E-state index contributed by atoms with van der Waals surface area (Å²) in [6, 6.07) is 0. The first-order valence-corrected chi connectivity index (χ1v) is 4.97. The lowest BCUT2D eigenvalue weighted by Gasteiger charge is -2.19. The number of hydrogen-bond acceptors (Lipinski definition) is 2. The summed E-state index contributed by atoms with van der Waals surface area (Å²) in [5.41, 5.74) is 8.64. The van der Waals surface area contributed by atoms with Gasteiger partial charge in [0.25, 0.3) is 0 Å². The van der Waals surface area contributed by atoms with Crippen molar-refractivity contribution in [2.75, 3.05) is 13.2 Å². The molecule has 1 aliphatic heterocycles. The normalized spacial score (nSPS) is 30.6. The van der Waals surface area contributed by atoms with Crippen molar-refractivity contribution in [1.29, 1.82) is 0 Å². The van der Waals surface area contributed by atoms with E-state index in [1.54, 1.807) is 0 Å². The SMILES string of the molecule is [N-]=[N+]=NCC1CC2(CCCC2)CO1. The summed E-state index contributed by atoms with van der Waals surface area (Å²) >= 11 is 0. The van der Waals surface area contributed by atoms with Gasteiger partial charge in [-0.05, 0) is 30.2 Å². The van der Waals surface area contributed by atoms with Gasteiger partial charge in [-0.2, -0.15) is 0 Å². The molecule has 2 fully saturated rings. The molecule has 2 rings (SSSR count). The topological polar surface area (TPSA) is 58.0 Å². The zero-order valence-corrected chi connectivity index (χ0v) is 7.78. The molecule has 1 unspecified atom stereocenters. The first-order valence-electron chi connectivity index (χ1n) is 4.97. The van der Waals surface area contributed by atoms with Crippen molar-refractivity contribution in [3.8, 4) is 0 Å². The summed E-state index contributed by atoms with van der Waals surface area (Å²) in [6.45, 7) is 1.40. The third-order valence-electron chi connectivity index (χ3n) is 3.30. The summed E-state index contributed by atoms with van der Waals surface area (Å²) < 4.78 is 5.63. The van der Waals surface area contributed by atoms with Crippen molar-refractivity contribution in [2.45, 2.75) is 38.2 Å². The summed E-state index contributed by atoms with van der Waals surface area (Å²) in [7, 11) is 0. The van der Waals surface area contributed by atoms with Crippen molar-refractivity contribution < 1.29 is 4.74 Å². The van der Waals surface area contributed by atoms with E-state index in [0.717, 1.165) is 13.0 Å². The molecule has 1 saturated carbocycles. The molecule has 0 radical (unpaired) electrons. The molecular weight excluding hydrogens is 166 g/mol. The fourth-order valence-electron chi connectivity index (χ4n) is 2.61. The quantitative estimate of drug-likeness (QED) is 0.367. The molecule has 0 N–H and O–H groups in total. The molecule has 1 spiro atoms. The van der Waals surface area contributed by atoms with Crippen LogP contribution in [-0.4, -0.2) is 19.3 Å². The molecule has 1 atom stereocenters. The molecule has 0 bridgehead atoms. The number of azide groups is 1. The molecule has 0 aromatic carbocycles. The minimum Gasteiger partial charge on any atom is -0.377 e. The van der Waals surface area contributed by atoms with Crippen molar-refractivity contribution in [1.82, 2.24) is 0 Å². The molecule has 1 aliphatic carbocycles. The lowest BCUT2D eigenvalue weighted by atomic mass is 9.84. The molecular formula is C9H15N3O. The molecule has 13 heavy (non-hydrogen) atoms. The van der Waals surface area contributed by atoms with Gasteiger partial charge in [0.15, 0.2) is 0 Å². The van der Waals surface area contributed by atoms with Gasteiger partial charge in [-0.3, -0.25) is 0 Å². The van der Waals surface area contributed by atoms with Gasteiger partial charge in [0.1, 0.15) is 0 Å². The largest absolute Gasteiger partial charge is 0.377 e. The van der Waals surface area contributed by atoms with Gasteiger partial charge in [-0.15, -0.1) is 0 Å². The van der Waals surface area contributed by atoms with Crippen LogP contribution >= 0.6 is 0 Å². The molecule has 0 aromatic rings. The third kappa shape index (κ3) is 1.79. The van der Waals surface area contributed by atoms with Gasteiger partial charge in [0, 0.05) is 4.91 Å². The number of rotatable bonds is 2. The molecule has 4 heteroatoms. The van der Waals surface area contributed by atoms with Crippen LogP contribution in [0, 0.1) is 5.41 Å². The summed E-state index contributed by atoms with van der Waals surface area (Å²) in [4.78, 5) is 2.76. The lowest BCUT2D eigenvalue weighted by molar-refractivity contribution is 0.100. The zero-order valence-electron chi connectivity index (χ0n) is 7.78. The summed E-state index contributed by atoms with van der Waals surface area (Å²) in [5.74, 6) is 0. The highest BCUT2D eigenvalue weighted by Crippen LogP contribution is 2.46. The first-order chi connectivity index (χ1) is 6.35. The Kier molecular flexibility index (Phi) is 2.42. The predicted molar refractivity (Wildman–Crippen MR) is 49.3 cm³/mol. The highest BCUT2D eigenvalue weighted by atomic mass is 16.5. The fourth-order valence-corrected chi connectivity index (χ4v) is 2.61. The third-order valence-corrected chi connectivity index (χ3v) is 3.30. The Balaban J connectivity index is 1.89. The second-order valence-electron chi connectivity index (χ2n) is 4.26. The van der Waals surface area contributed by atoms with Gasteiger partial charge in [-0.25, -0.2) is 0 Å². The fraction of sp³-hybridized carbons (Fsp3) is 1.00. The Morgan fingerprint density at radius 1 is 1.46 bits per heavy atom. The molecule has 2 aliphatic rings. The van der Waals surface area contributed by atoms with Crippen LogP contribution in [0.15, 0.2) is 5.11 Å². The van der Waals surface area contributed by atoms with Crippen LogP contribution in [0.25, 0.3) is 10.4 Å². The second kappa shape index (κ2) is 3.56. The maximum atomic E-state index is 8.19. The van der Waals surface area contributed by atoms with Crippen LogP contribution < -0.4 is 0 Å². The van der Waals surface area contributed by atoms with Crippen molar-refractivity contribution >= 4 is 0 Å². The van der Waals surface area contributed by atoms with E-state index in [4.69, 9.17) is 10.3 Å². The number of ether oxygens (including phenoxy) is 1. The number of nitrogens with zero attached hydrogens (tertiary/aromatic N) is 3. The molecule has 0 amide bonds. The van der Waals surface area contributed by atoms with Crippen LogP contribution in [0.3, 0.4) is 0 Å². The van der Waals surface area contributed by atoms with Gasteiger partial charge in [0.05, 0.1) is 19.3 Å². The summed E-state index contributed by atoms with van der Waals surface area (Å²) in [6.07, 6.45) is 6.59. The lowest BCUT2D eigenvalue weighted by Crippen LogP contribution is -2.16. The van der Waals surface area contributed by atoms with E-state index >= 15 is 0 Å². The first kappa shape index (κ1) is 8.85. The molecule has 0 aromatic heterocycles. The average molecular weight is 181 g/mol. The Labute approximate surface area is 77.9 Å². The molecule has 4 nitrogen and oxygen atoms in total.